The van der Waals surface area contributed by atoms with Crippen LogP contribution in [0.4, 0.5) is 0 Å². The molecule has 0 radical (unpaired) electrons. The number of nitrogens with zero attached hydrogens (tertiary/aromatic N) is 2. The quantitative estimate of drug-likeness (QED) is 0.796. The van der Waals surface area contributed by atoms with Gasteiger partial charge in [-0.15, -0.1) is 0 Å². The summed E-state index contributed by atoms with van der Waals surface area (Å²) in [6, 6.07) is 8.06. The Balaban J connectivity index is 1.26. The summed E-state index contributed by atoms with van der Waals surface area (Å²) in [6.07, 6.45) is 8.86. The first kappa shape index (κ1) is 19.9. The van der Waals surface area contributed by atoms with E-state index in [2.05, 4.69) is 23.7 Å². The zero-order valence-electron chi connectivity index (χ0n) is 18.4. The maximum absolute atomic E-state index is 13.3. The number of hydrogen-bond acceptors (Lipinski definition) is 2. The number of nitrogens with one attached hydrogen (secondary N) is 1. The summed E-state index contributed by atoms with van der Waals surface area (Å²) in [5.74, 6) is 2.68. The molecule has 5 nitrogen and oxygen atoms in total. The third-order valence-corrected chi connectivity index (χ3v) is 8.09. The van der Waals surface area contributed by atoms with E-state index in [9.17, 15) is 9.59 Å². The average molecular weight is 410 g/mol. The number of carbonyl (C=O) groups is 1. The topological polar surface area (TPSA) is 58.1 Å². The zero-order chi connectivity index (χ0) is 20.9. The first-order valence-corrected chi connectivity index (χ1v) is 11.9. The highest BCUT2D eigenvalue weighted by molar-refractivity contribution is 5.77. The van der Waals surface area contributed by atoms with Gasteiger partial charge in [-0.2, -0.15) is 0 Å². The monoisotopic (exact) mass is 409 g/mol. The van der Waals surface area contributed by atoms with Gasteiger partial charge in [-0.25, -0.2) is 4.79 Å². The Bertz CT molecular complexity index is 962. The third kappa shape index (κ3) is 3.61. The van der Waals surface area contributed by atoms with Crippen molar-refractivity contribution < 1.29 is 4.79 Å². The molecule has 2 bridgehead atoms. The molecule has 1 aromatic carbocycles. The second-order valence-electron chi connectivity index (χ2n) is 10.8. The van der Waals surface area contributed by atoms with Crippen molar-refractivity contribution >= 4 is 16.9 Å². The van der Waals surface area contributed by atoms with E-state index in [1.807, 2.05) is 28.8 Å². The van der Waals surface area contributed by atoms with E-state index in [1.165, 1.54) is 32.1 Å². The second kappa shape index (κ2) is 7.58. The lowest BCUT2D eigenvalue weighted by Gasteiger charge is -2.50. The van der Waals surface area contributed by atoms with Crippen molar-refractivity contribution in [1.29, 1.82) is 0 Å². The van der Waals surface area contributed by atoms with Crippen LogP contribution in [0.3, 0.4) is 0 Å². The molecule has 2 unspecified atom stereocenters. The Morgan fingerprint density at radius 1 is 1.07 bits per heavy atom. The Hall–Kier alpha value is -2.04. The second-order valence-corrected chi connectivity index (χ2v) is 10.8. The number of benzene rings is 1. The number of para-hydroxylation sites is 2. The summed E-state index contributed by atoms with van der Waals surface area (Å²) in [6.45, 7) is 6.29. The number of rotatable bonds is 3. The minimum Gasteiger partial charge on any atom is -0.343 e. The van der Waals surface area contributed by atoms with Gasteiger partial charge in [0.2, 0.25) is 5.91 Å². The van der Waals surface area contributed by atoms with E-state index in [-0.39, 0.29) is 17.1 Å². The fraction of sp³-hybridized carbons (Fsp3) is 0.680. The molecule has 5 heteroatoms. The summed E-state index contributed by atoms with van der Waals surface area (Å²) < 4.78 is 1.91. The van der Waals surface area contributed by atoms with Gasteiger partial charge in [0.25, 0.3) is 0 Å². The predicted octanol–water partition coefficient (Wildman–Crippen LogP) is 4.74. The molecule has 2 aliphatic carbocycles. The molecule has 2 saturated carbocycles. The van der Waals surface area contributed by atoms with E-state index in [0.29, 0.717) is 5.91 Å². The molecule has 3 aliphatic rings. The molecular weight excluding hydrogens is 374 g/mol. The van der Waals surface area contributed by atoms with Gasteiger partial charge in [0, 0.05) is 25.6 Å². The third-order valence-electron chi connectivity index (χ3n) is 8.09. The van der Waals surface area contributed by atoms with Crippen molar-refractivity contribution in [1.82, 2.24) is 14.5 Å². The summed E-state index contributed by atoms with van der Waals surface area (Å²) in [7, 11) is 0. The van der Waals surface area contributed by atoms with Crippen molar-refractivity contribution in [3.63, 3.8) is 0 Å². The highest BCUT2D eigenvalue weighted by atomic mass is 16.2. The van der Waals surface area contributed by atoms with E-state index in [0.717, 1.165) is 61.1 Å². The van der Waals surface area contributed by atoms with Crippen LogP contribution in [0, 0.1) is 23.2 Å². The van der Waals surface area contributed by atoms with Gasteiger partial charge in [0.1, 0.15) is 0 Å². The van der Waals surface area contributed by atoms with Crippen LogP contribution >= 0.6 is 0 Å². The van der Waals surface area contributed by atoms with Crippen LogP contribution in [-0.4, -0.2) is 33.4 Å². The lowest BCUT2D eigenvalue weighted by molar-refractivity contribution is -0.137. The predicted molar refractivity (Wildman–Crippen MR) is 119 cm³/mol. The lowest BCUT2D eigenvalue weighted by Crippen LogP contribution is -2.46. The maximum Gasteiger partial charge on any atom is 0.326 e. The number of carbonyl (C=O) groups excluding carboxylic acids is 1. The molecule has 3 fully saturated rings. The number of amides is 1. The number of imidazole rings is 1. The van der Waals surface area contributed by atoms with Crippen LogP contribution in [0.25, 0.3) is 11.0 Å². The normalized spacial score (nSPS) is 32.5. The molecular formula is C25H35N3O2. The molecule has 1 N–H and O–H groups in total. The lowest BCUT2D eigenvalue weighted by atomic mass is 9.55. The Labute approximate surface area is 178 Å². The van der Waals surface area contributed by atoms with Crippen molar-refractivity contribution in [2.24, 2.45) is 23.2 Å². The molecule has 162 valence electrons. The van der Waals surface area contributed by atoms with E-state index in [1.54, 1.807) is 0 Å². The van der Waals surface area contributed by atoms with Crippen molar-refractivity contribution in [2.45, 2.75) is 71.3 Å². The molecule has 1 saturated heterocycles. The first-order chi connectivity index (χ1) is 14.4. The summed E-state index contributed by atoms with van der Waals surface area (Å²) in [5.41, 5.74) is 2.08. The highest BCUT2D eigenvalue weighted by Crippen LogP contribution is 2.54. The van der Waals surface area contributed by atoms with Crippen molar-refractivity contribution in [3.8, 4) is 0 Å². The van der Waals surface area contributed by atoms with Crippen molar-refractivity contribution in [2.75, 3.05) is 13.1 Å². The number of likely N-dealkylation sites (tertiary alicyclic amines) is 1. The van der Waals surface area contributed by atoms with Crippen LogP contribution in [0.15, 0.2) is 29.1 Å². The standard InChI is InChI=1S/C25H35N3O2/c1-17-11-19-12-18(2)14-25(13-17,15-19)16-23(29)27-9-7-20(8-10-27)28-22-6-4-3-5-21(22)26-24(28)30/h3-6,17-20H,7-16H2,1-2H3,(H,26,30). The van der Waals surface area contributed by atoms with Crippen LogP contribution in [0.1, 0.15) is 71.3 Å². The maximum atomic E-state index is 13.3. The van der Waals surface area contributed by atoms with Crippen LogP contribution < -0.4 is 5.69 Å². The number of piperidine rings is 1. The Kier molecular flexibility index (Phi) is 5.03. The molecule has 2 aromatic rings. The number of aromatic nitrogens is 2. The molecule has 5 rings (SSSR count). The molecule has 1 amide bonds. The number of fused-ring (bicyclic) bond motifs is 3. The fourth-order valence-corrected chi connectivity index (χ4v) is 7.37. The van der Waals surface area contributed by atoms with Gasteiger partial charge < -0.3 is 9.88 Å². The van der Waals surface area contributed by atoms with Gasteiger partial charge in [0.15, 0.2) is 0 Å². The molecule has 30 heavy (non-hydrogen) atoms. The number of aromatic amines is 1. The summed E-state index contributed by atoms with van der Waals surface area (Å²) in [5, 5.41) is 0. The van der Waals surface area contributed by atoms with E-state index in [4.69, 9.17) is 0 Å². The average Bonchev–Trinajstić information content (AvgIpc) is 3.02. The van der Waals surface area contributed by atoms with Gasteiger partial charge in [0.05, 0.1) is 11.0 Å². The highest BCUT2D eigenvalue weighted by Gasteiger charge is 2.45. The summed E-state index contributed by atoms with van der Waals surface area (Å²) >= 11 is 0. The minimum atomic E-state index is -0.0294. The SMILES string of the molecule is CC1CC2CC(C)CC(CC(=O)N3CCC(n4c(=O)[nH]c5ccccc54)CC3)(C1)C2. The smallest absolute Gasteiger partial charge is 0.326 e. The first-order valence-electron chi connectivity index (χ1n) is 11.9. The van der Waals surface area contributed by atoms with Gasteiger partial charge in [-0.3, -0.25) is 9.36 Å². The van der Waals surface area contributed by atoms with Crippen molar-refractivity contribution in [3.05, 3.63) is 34.7 Å². The van der Waals surface area contributed by atoms with Crippen LogP contribution in [-0.2, 0) is 4.79 Å². The zero-order valence-corrected chi connectivity index (χ0v) is 18.4. The Morgan fingerprint density at radius 2 is 1.73 bits per heavy atom. The van der Waals surface area contributed by atoms with Gasteiger partial charge in [-0.1, -0.05) is 26.0 Å². The van der Waals surface area contributed by atoms with Crippen LogP contribution in [0.2, 0.25) is 0 Å². The van der Waals surface area contributed by atoms with Gasteiger partial charge in [-0.05, 0) is 80.2 Å². The Morgan fingerprint density at radius 3 is 2.43 bits per heavy atom. The molecule has 2 atom stereocenters. The molecule has 1 aliphatic heterocycles. The van der Waals surface area contributed by atoms with Crippen LogP contribution in [0.5, 0.6) is 0 Å². The molecule has 2 heterocycles. The largest absolute Gasteiger partial charge is 0.343 e. The minimum absolute atomic E-state index is 0.0294. The fourth-order valence-electron chi connectivity index (χ4n) is 7.37. The van der Waals surface area contributed by atoms with Gasteiger partial charge >= 0.3 is 5.69 Å². The van der Waals surface area contributed by atoms with E-state index < -0.39 is 0 Å². The number of H-pyrrole nitrogens is 1. The van der Waals surface area contributed by atoms with E-state index >= 15 is 0 Å². The molecule has 1 aromatic heterocycles. The summed E-state index contributed by atoms with van der Waals surface area (Å²) in [4.78, 5) is 30.9. The molecule has 0 spiro atoms. The number of hydrogen-bond donors (Lipinski definition) is 1.